The van der Waals surface area contributed by atoms with Crippen LogP contribution in [0.15, 0.2) is 17.4 Å². The van der Waals surface area contributed by atoms with Gasteiger partial charge in [0.2, 0.25) is 0 Å². The predicted molar refractivity (Wildman–Crippen MR) is 93.0 cm³/mol. The molecule has 0 radical (unpaired) electrons. The second-order valence-corrected chi connectivity index (χ2v) is 6.95. The van der Waals surface area contributed by atoms with Crippen LogP contribution >= 0.6 is 0 Å². The van der Waals surface area contributed by atoms with Gasteiger partial charge in [0, 0.05) is 32.0 Å². The summed E-state index contributed by atoms with van der Waals surface area (Å²) < 4.78 is 31.8. The van der Waals surface area contributed by atoms with E-state index in [0.717, 1.165) is 4.57 Å². The predicted octanol–water partition coefficient (Wildman–Crippen LogP) is 1.95. The number of likely N-dealkylation sites (tertiary alicyclic amines) is 1. The minimum Gasteiger partial charge on any atom is -0.444 e. The molecular weight excluding hydrogens is 346 g/mol. The fourth-order valence-electron chi connectivity index (χ4n) is 2.35. The molecular formula is C16H26F2N6O2. The van der Waals surface area contributed by atoms with E-state index >= 15 is 0 Å². The van der Waals surface area contributed by atoms with Gasteiger partial charge in [-0.25, -0.2) is 14.8 Å². The number of amides is 1. The molecule has 26 heavy (non-hydrogen) atoms. The number of rotatable bonds is 5. The Morgan fingerprint density at radius 1 is 1.46 bits per heavy atom. The molecule has 1 aromatic heterocycles. The van der Waals surface area contributed by atoms with Gasteiger partial charge in [-0.3, -0.25) is 4.57 Å². The summed E-state index contributed by atoms with van der Waals surface area (Å²) in [6.45, 7) is 6.35. The van der Waals surface area contributed by atoms with Crippen LogP contribution in [-0.4, -0.2) is 57.8 Å². The molecule has 2 N–H and O–H groups in total. The summed E-state index contributed by atoms with van der Waals surface area (Å²) in [6, 6.07) is 0.0233. The maximum absolute atomic E-state index is 12.8. The molecule has 0 aliphatic carbocycles. The van der Waals surface area contributed by atoms with Crippen LogP contribution in [0.3, 0.4) is 0 Å². The van der Waals surface area contributed by atoms with Crippen molar-refractivity contribution in [3.8, 4) is 0 Å². The van der Waals surface area contributed by atoms with Crippen LogP contribution < -0.4 is 10.6 Å². The lowest BCUT2D eigenvalue weighted by Gasteiger charge is -2.40. The van der Waals surface area contributed by atoms with Gasteiger partial charge in [-0.05, 0) is 27.7 Å². The Morgan fingerprint density at radius 3 is 2.73 bits per heavy atom. The van der Waals surface area contributed by atoms with Gasteiger partial charge in [0.1, 0.15) is 18.0 Å². The first-order chi connectivity index (χ1) is 12.2. The molecule has 1 fully saturated rings. The molecule has 8 nitrogen and oxygen atoms in total. The summed E-state index contributed by atoms with van der Waals surface area (Å²) in [5.41, 5.74) is -0.529. The highest BCUT2D eigenvalue weighted by molar-refractivity contribution is 5.80. The van der Waals surface area contributed by atoms with Crippen molar-refractivity contribution in [2.45, 2.75) is 52.4 Å². The summed E-state index contributed by atoms with van der Waals surface area (Å²) in [6.07, 6.45) is 2.19. The normalized spacial score (nSPS) is 15.8. The topological polar surface area (TPSA) is 83.8 Å². The van der Waals surface area contributed by atoms with Gasteiger partial charge in [0.05, 0.1) is 6.04 Å². The molecule has 0 saturated carbocycles. The fraction of sp³-hybridized carbons (Fsp3) is 0.688. The highest BCUT2D eigenvalue weighted by atomic mass is 19.3. The Hall–Kier alpha value is -2.39. The number of carbonyl (C=O) groups excluding carboxylic acids is 1. The van der Waals surface area contributed by atoms with Crippen LogP contribution in [0.25, 0.3) is 0 Å². The summed E-state index contributed by atoms with van der Waals surface area (Å²) >= 11 is 0. The number of halogens is 2. The number of alkyl halides is 2. The lowest BCUT2D eigenvalue weighted by molar-refractivity contribution is 0.00700. The van der Waals surface area contributed by atoms with E-state index in [-0.39, 0.29) is 24.5 Å². The van der Waals surface area contributed by atoms with E-state index in [9.17, 15) is 13.6 Å². The van der Waals surface area contributed by atoms with Gasteiger partial charge in [-0.1, -0.05) is 0 Å². The van der Waals surface area contributed by atoms with Crippen molar-refractivity contribution in [3.63, 3.8) is 0 Å². The third-order valence-electron chi connectivity index (χ3n) is 3.56. The molecule has 0 spiro atoms. The van der Waals surface area contributed by atoms with Crippen molar-refractivity contribution >= 4 is 12.1 Å². The number of aliphatic imine (C=N–C) groups is 1. The third-order valence-corrected chi connectivity index (χ3v) is 3.56. The van der Waals surface area contributed by atoms with Crippen molar-refractivity contribution in [2.75, 3.05) is 19.6 Å². The molecule has 2 heterocycles. The summed E-state index contributed by atoms with van der Waals surface area (Å²) in [7, 11) is 0. The lowest BCUT2D eigenvalue weighted by Crippen LogP contribution is -2.63. The number of aromatic nitrogens is 2. The van der Waals surface area contributed by atoms with E-state index in [1.165, 1.54) is 12.4 Å². The zero-order valence-corrected chi connectivity index (χ0v) is 15.5. The van der Waals surface area contributed by atoms with Crippen molar-refractivity contribution in [1.82, 2.24) is 25.1 Å². The van der Waals surface area contributed by atoms with Crippen LogP contribution in [0.4, 0.5) is 13.6 Å². The number of carbonyl (C=O) groups is 1. The Balaban J connectivity index is 1.87. The van der Waals surface area contributed by atoms with Crippen LogP contribution in [0.2, 0.25) is 0 Å². The highest BCUT2D eigenvalue weighted by Gasteiger charge is 2.34. The number of ether oxygens (including phenoxy) is 1. The van der Waals surface area contributed by atoms with E-state index in [1.54, 1.807) is 4.90 Å². The molecule has 1 amide bonds. The number of hydrogen-bond donors (Lipinski definition) is 2. The quantitative estimate of drug-likeness (QED) is 0.610. The number of nitrogens with zero attached hydrogens (tertiary/aromatic N) is 4. The molecule has 1 aliphatic rings. The van der Waals surface area contributed by atoms with Crippen LogP contribution in [-0.2, 0) is 11.3 Å². The Bertz CT molecular complexity index is 635. The van der Waals surface area contributed by atoms with Gasteiger partial charge in [-0.15, -0.1) is 0 Å². The molecule has 0 bridgehead atoms. The Morgan fingerprint density at radius 2 is 2.15 bits per heavy atom. The van der Waals surface area contributed by atoms with E-state index in [4.69, 9.17) is 4.74 Å². The van der Waals surface area contributed by atoms with Crippen molar-refractivity contribution < 1.29 is 18.3 Å². The minimum absolute atomic E-state index is 0.0230. The zero-order chi connectivity index (χ0) is 19.3. The third kappa shape index (κ3) is 5.57. The maximum Gasteiger partial charge on any atom is 0.410 e. The van der Waals surface area contributed by atoms with E-state index in [2.05, 4.69) is 20.6 Å². The zero-order valence-electron chi connectivity index (χ0n) is 15.5. The average molecular weight is 372 g/mol. The first-order valence-electron chi connectivity index (χ1n) is 8.52. The SMILES string of the molecule is CCNC(=NCc1nccn1C(F)F)NC1CN(C(=O)OC(C)(C)C)C1. The summed E-state index contributed by atoms with van der Waals surface area (Å²) in [5.74, 6) is 0.673. The van der Waals surface area contributed by atoms with Crippen molar-refractivity contribution in [2.24, 2.45) is 4.99 Å². The van der Waals surface area contributed by atoms with Gasteiger partial charge in [-0.2, -0.15) is 8.78 Å². The summed E-state index contributed by atoms with van der Waals surface area (Å²) in [5, 5.41) is 6.23. The number of imidazole rings is 1. The lowest BCUT2D eigenvalue weighted by atomic mass is 10.1. The number of nitrogens with one attached hydrogen (secondary N) is 2. The molecule has 0 unspecified atom stereocenters. The number of hydrogen-bond acceptors (Lipinski definition) is 4. The van der Waals surface area contributed by atoms with E-state index in [1.807, 2.05) is 27.7 Å². The molecule has 0 aromatic carbocycles. The first-order valence-corrected chi connectivity index (χ1v) is 8.52. The second-order valence-electron chi connectivity index (χ2n) is 6.95. The van der Waals surface area contributed by atoms with Crippen LogP contribution in [0.5, 0.6) is 0 Å². The Labute approximate surface area is 151 Å². The van der Waals surface area contributed by atoms with E-state index in [0.29, 0.717) is 25.6 Å². The summed E-state index contributed by atoms with van der Waals surface area (Å²) in [4.78, 5) is 21.7. The van der Waals surface area contributed by atoms with Gasteiger partial charge >= 0.3 is 12.6 Å². The molecule has 0 atom stereocenters. The Kier molecular flexibility index (Phi) is 6.38. The fourth-order valence-corrected chi connectivity index (χ4v) is 2.35. The standard InChI is InChI=1S/C16H26F2N6O2/c1-5-19-14(21-8-12-20-6-7-24(12)13(17)18)22-11-9-23(10-11)15(25)26-16(2,3)4/h6-7,11,13H,5,8-10H2,1-4H3,(H2,19,21,22). The maximum atomic E-state index is 12.8. The average Bonchev–Trinajstić information content (AvgIpc) is 2.94. The smallest absolute Gasteiger partial charge is 0.410 e. The van der Waals surface area contributed by atoms with E-state index < -0.39 is 12.2 Å². The molecule has 1 aromatic rings. The van der Waals surface area contributed by atoms with Crippen molar-refractivity contribution in [1.29, 1.82) is 0 Å². The molecule has 1 saturated heterocycles. The van der Waals surface area contributed by atoms with Gasteiger partial charge < -0.3 is 20.3 Å². The van der Waals surface area contributed by atoms with Crippen LogP contribution in [0.1, 0.15) is 40.1 Å². The molecule has 1 aliphatic heterocycles. The van der Waals surface area contributed by atoms with Gasteiger partial charge in [0.15, 0.2) is 5.96 Å². The van der Waals surface area contributed by atoms with Crippen molar-refractivity contribution in [3.05, 3.63) is 18.2 Å². The first kappa shape index (κ1) is 19.9. The highest BCUT2D eigenvalue weighted by Crippen LogP contribution is 2.15. The van der Waals surface area contributed by atoms with Crippen LogP contribution in [0, 0.1) is 0 Å². The molecule has 10 heteroatoms. The second kappa shape index (κ2) is 8.33. The minimum atomic E-state index is -2.65. The molecule has 2 rings (SSSR count). The molecule has 146 valence electrons. The van der Waals surface area contributed by atoms with Gasteiger partial charge in [0.25, 0.3) is 0 Å². The monoisotopic (exact) mass is 372 g/mol. The largest absolute Gasteiger partial charge is 0.444 e. The number of guanidine groups is 1.